The number of ether oxygens (including phenoxy) is 1. The van der Waals surface area contributed by atoms with Crippen LogP contribution in [-0.4, -0.2) is 33.0 Å². The smallest absolute Gasteiger partial charge is 0.341 e. The Morgan fingerprint density at radius 1 is 1.14 bits per heavy atom. The molecule has 0 atom stereocenters. The Bertz CT molecular complexity index is 1020. The minimum atomic E-state index is -1.02. The third-order valence-corrected chi connectivity index (χ3v) is 4.02. The van der Waals surface area contributed by atoms with Gasteiger partial charge >= 0.3 is 5.97 Å². The first-order chi connectivity index (χ1) is 13.5. The van der Waals surface area contributed by atoms with Crippen LogP contribution >= 0.6 is 0 Å². The predicted molar refractivity (Wildman–Crippen MR) is 105 cm³/mol. The van der Waals surface area contributed by atoms with Crippen LogP contribution in [0.1, 0.15) is 27.4 Å². The molecule has 0 aliphatic rings. The second-order valence-electron chi connectivity index (χ2n) is 6.20. The number of aryl methyl sites for hydroxylation is 1. The molecule has 0 aliphatic heterocycles. The van der Waals surface area contributed by atoms with Crippen LogP contribution in [0.3, 0.4) is 0 Å². The molecule has 1 N–H and O–H groups in total. The van der Waals surface area contributed by atoms with E-state index in [0.29, 0.717) is 23.7 Å². The standard InChI is InChI=1S/C22H20N2O4/c1-16-6-2-10-19(23-16)22(27)20-11-5-13-24(20)12-4-8-17-7-3-9-18(14-17)28-15-21(25)26/h2-11,13-14H,12,15H2,1H3,(H,25,26)/b8-4+. The lowest BCUT2D eigenvalue weighted by Gasteiger charge is -2.06. The van der Waals surface area contributed by atoms with Crippen LogP contribution in [0.25, 0.3) is 6.08 Å². The lowest BCUT2D eigenvalue weighted by atomic mass is 10.2. The minimum absolute atomic E-state index is 0.119. The molecule has 28 heavy (non-hydrogen) atoms. The molecule has 1 aromatic carbocycles. The molecule has 0 fully saturated rings. The van der Waals surface area contributed by atoms with Gasteiger partial charge in [0.15, 0.2) is 6.61 Å². The molecule has 0 aliphatic carbocycles. The Kier molecular flexibility index (Phi) is 6.01. The number of nitrogens with zero attached hydrogens (tertiary/aromatic N) is 2. The first-order valence-corrected chi connectivity index (χ1v) is 8.77. The van der Waals surface area contributed by atoms with Gasteiger partial charge in [-0.25, -0.2) is 9.78 Å². The van der Waals surface area contributed by atoms with Crippen LogP contribution in [0.2, 0.25) is 0 Å². The normalized spacial score (nSPS) is 10.9. The number of benzene rings is 1. The topological polar surface area (TPSA) is 81.4 Å². The summed E-state index contributed by atoms with van der Waals surface area (Å²) in [5.74, 6) is -0.646. The fraction of sp³-hybridized carbons (Fsp3) is 0.136. The van der Waals surface area contributed by atoms with Gasteiger partial charge in [0.1, 0.15) is 11.4 Å². The van der Waals surface area contributed by atoms with E-state index >= 15 is 0 Å². The third-order valence-electron chi connectivity index (χ3n) is 4.02. The van der Waals surface area contributed by atoms with Gasteiger partial charge in [0.2, 0.25) is 5.78 Å². The van der Waals surface area contributed by atoms with Crippen LogP contribution in [0.5, 0.6) is 5.75 Å². The van der Waals surface area contributed by atoms with Gasteiger partial charge in [0, 0.05) is 18.4 Å². The number of hydrogen-bond acceptors (Lipinski definition) is 4. The Labute approximate surface area is 162 Å². The van der Waals surface area contributed by atoms with Gasteiger partial charge in [-0.2, -0.15) is 0 Å². The molecule has 6 nitrogen and oxygen atoms in total. The maximum Gasteiger partial charge on any atom is 0.341 e. The van der Waals surface area contributed by atoms with Gasteiger partial charge in [-0.05, 0) is 48.9 Å². The van der Waals surface area contributed by atoms with Crippen LogP contribution in [-0.2, 0) is 11.3 Å². The molecule has 6 heteroatoms. The molecule has 0 bridgehead atoms. The Balaban J connectivity index is 1.69. The van der Waals surface area contributed by atoms with E-state index in [4.69, 9.17) is 9.84 Å². The van der Waals surface area contributed by atoms with E-state index < -0.39 is 5.97 Å². The van der Waals surface area contributed by atoms with Crippen molar-refractivity contribution in [1.29, 1.82) is 0 Å². The Hall–Kier alpha value is -3.67. The fourth-order valence-corrected chi connectivity index (χ4v) is 2.74. The maximum atomic E-state index is 12.7. The summed E-state index contributed by atoms with van der Waals surface area (Å²) >= 11 is 0. The highest BCUT2D eigenvalue weighted by Crippen LogP contribution is 2.15. The fourth-order valence-electron chi connectivity index (χ4n) is 2.74. The van der Waals surface area contributed by atoms with E-state index in [1.54, 1.807) is 30.3 Å². The number of hydrogen-bond donors (Lipinski definition) is 1. The number of pyridine rings is 1. The predicted octanol–water partition coefficient (Wildman–Crippen LogP) is 3.60. The summed E-state index contributed by atoms with van der Waals surface area (Å²) in [7, 11) is 0. The van der Waals surface area contributed by atoms with E-state index in [9.17, 15) is 9.59 Å². The third kappa shape index (κ3) is 4.94. The van der Waals surface area contributed by atoms with Gasteiger partial charge in [-0.1, -0.05) is 30.4 Å². The summed E-state index contributed by atoms with van der Waals surface area (Å²) < 4.78 is 7.03. The van der Waals surface area contributed by atoms with Crippen LogP contribution in [0.15, 0.2) is 66.9 Å². The molecule has 0 radical (unpaired) electrons. The van der Waals surface area contributed by atoms with Crippen molar-refractivity contribution < 1.29 is 19.4 Å². The molecule has 0 spiro atoms. The van der Waals surface area contributed by atoms with E-state index in [2.05, 4.69) is 4.98 Å². The summed E-state index contributed by atoms with van der Waals surface area (Å²) in [5, 5.41) is 8.69. The Morgan fingerprint density at radius 3 is 2.75 bits per heavy atom. The second kappa shape index (κ2) is 8.81. The monoisotopic (exact) mass is 376 g/mol. The van der Waals surface area contributed by atoms with Crippen molar-refractivity contribution in [1.82, 2.24) is 9.55 Å². The average Bonchev–Trinajstić information content (AvgIpc) is 3.14. The van der Waals surface area contributed by atoms with Gasteiger partial charge < -0.3 is 14.4 Å². The van der Waals surface area contributed by atoms with Crippen LogP contribution in [0.4, 0.5) is 0 Å². The summed E-state index contributed by atoms with van der Waals surface area (Å²) in [6, 6.07) is 16.2. The summed E-state index contributed by atoms with van der Waals surface area (Å²) in [6.45, 7) is 1.99. The number of carbonyl (C=O) groups excluding carboxylic acids is 1. The highest BCUT2D eigenvalue weighted by atomic mass is 16.5. The van der Waals surface area contributed by atoms with Crippen molar-refractivity contribution in [2.45, 2.75) is 13.5 Å². The summed E-state index contributed by atoms with van der Waals surface area (Å²) in [6.07, 6.45) is 5.67. The first kappa shape index (κ1) is 19.1. The second-order valence-corrected chi connectivity index (χ2v) is 6.20. The molecule has 2 aromatic heterocycles. The minimum Gasteiger partial charge on any atom is -0.482 e. The highest BCUT2D eigenvalue weighted by molar-refractivity contribution is 6.06. The number of aromatic nitrogens is 2. The molecule has 0 saturated carbocycles. The number of ketones is 1. The molecule has 3 rings (SSSR count). The average molecular weight is 376 g/mol. The van der Waals surface area contributed by atoms with Crippen LogP contribution in [0, 0.1) is 6.92 Å². The zero-order valence-corrected chi connectivity index (χ0v) is 15.4. The van der Waals surface area contributed by atoms with Crippen molar-refractivity contribution in [3.05, 3.63) is 89.5 Å². The van der Waals surface area contributed by atoms with Crippen molar-refractivity contribution in [2.75, 3.05) is 6.61 Å². The summed E-state index contributed by atoms with van der Waals surface area (Å²) in [4.78, 5) is 27.6. The van der Waals surface area contributed by atoms with Gasteiger partial charge in [-0.3, -0.25) is 4.79 Å². The van der Waals surface area contributed by atoms with Crippen molar-refractivity contribution in [3.63, 3.8) is 0 Å². The number of aliphatic carboxylic acids is 1. The highest BCUT2D eigenvalue weighted by Gasteiger charge is 2.14. The van der Waals surface area contributed by atoms with Crippen molar-refractivity contribution in [2.24, 2.45) is 0 Å². The van der Waals surface area contributed by atoms with Crippen LogP contribution < -0.4 is 4.74 Å². The first-order valence-electron chi connectivity index (χ1n) is 8.77. The quantitative estimate of drug-likeness (QED) is 0.608. The number of carbonyl (C=O) groups is 2. The molecule has 3 aromatic rings. The lowest BCUT2D eigenvalue weighted by molar-refractivity contribution is -0.139. The largest absolute Gasteiger partial charge is 0.482 e. The molecule has 0 amide bonds. The number of allylic oxidation sites excluding steroid dienone is 1. The van der Waals surface area contributed by atoms with E-state index in [1.807, 2.05) is 54.1 Å². The van der Waals surface area contributed by atoms with Gasteiger partial charge in [0.25, 0.3) is 0 Å². The number of carboxylic acids is 1. The molecule has 2 heterocycles. The molecular formula is C22H20N2O4. The SMILES string of the molecule is Cc1cccc(C(=O)c2cccn2C/C=C/c2cccc(OCC(=O)O)c2)n1. The van der Waals surface area contributed by atoms with Gasteiger partial charge in [0.05, 0.1) is 5.69 Å². The molecule has 0 unspecified atom stereocenters. The van der Waals surface area contributed by atoms with E-state index in [1.165, 1.54) is 0 Å². The molecular weight excluding hydrogens is 356 g/mol. The van der Waals surface area contributed by atoms with Crippen molar-refractivity contribution >= 4 is 17.8 Å². The zero-order valence-electron chi connectivity index (χ0n) is 15.4. The maximum absolute atomic E-state index is 12.7. The molecule has 0 saturated heterocycles. The lowest BCUT2D eigenvalue weighted by Crippen LogP contribution is -2.11. The van der Waals surface area contributed by atoms with Gasteiger partial charge in [-0.15, -0.1) is 0 Å². The van der Waals surface area contributed by atoms with Crippen molar-refractivity contribution in [3.8, 4) is 5.75 Å². The van der Waals surface area contributed by atoms with E-state index in [0.717, 1.165) is 11.3 Å². The number of carboxylic acid groups (broad SMARTS) is 1. The van der Waals surface area contributed by atoms with E-state index in [-0.39, 0.29) is 12.4 Å². The zero-order chi connectivity index (χ0) is 19.9. The summed E-state index contributed by atoms with van der Waals surface area (Å²) in [5.41, 5.74) is 2.67. The molecule has 142 valence electrons. The Morgan fingerprint density at radius 2 is 1.96 bits per heavy atom. The number of rotatable bonds is 8.